The first kappa shape index (κ1) is 15.8. The van der Waals surface area contributed by atoms with Crippen molar-refractivity contribution < 1.29 is 0 Å². The van der Waals surface area contributed by atoms with Crippen LogP contribution < -0.4 is 0 Å². The van der Waals surface area contributed by atoms with Crippen molar-refractivity contribution >= 4 is 0 Å². The molecule has 3 rings (SSSR count). The van der Waals surface area contributed by atoms with Crippen molar-refractivity contribution in [1.82, 2.24) is 0 Å². The zero-order valence-corrected chi connectivity index (χ0v) is 14.4. The fourth-order valence-corrected chi connectivity index (χ4v) is 4.55. The molecule has 0 nitrogen and oxygen atoms in total. The molecule has 0 heteroatoms. The first-order chi connectivity index (χ1) is 10.8. The highest BCUT2D eigenvalue weighted by molar-refractivity contribution is 5.28. The van der Waals surface area contributed by atoms with Gasteiger partial charge in [0.2, 0.25) is 0 Å². The molecule has 0 unspecified atom stereocenters. The van der Waals surface area contributed by atoms with Gasteiger partial charge in [0.1, 0.15) is 0 Å². The number of allylic oxidation sites excluding steroid dienone is 2. The highest BCUT2D eigenvalue weighted by atomic mass is 14.3. The van der Waals surface area contributed by atoms with Crippen LogP contribution in [0.5, 0.6) is 0 Å². The Kier molecular flexibility index (Phi) is 5.39. The van der Waals surface area contributed by atoms with Gasteiger partial charge in [0.25, 0.3) is 0 Å². The summed E-state index contributed by atoms with van der Waals surface area (Å²) in [5.41, 5.74) is 3.19. The molecule has 0 amide bonds. The quantitative estimate of drug-likeness (QED) is 0.536. The lowest BCUT2D eigenvalue weighted by molar-refractivity contribution is 0.347. The lowest BCUT2D eigenvalue weighted by atomic mass is 9.77. The van der Waals surface area contributed by atoms with Gasteiger partial charge in [0, 0.05) is 0 Å². The number of hydrogen-bond donors (Lipinski definition) is 0. The third-order valence-corrected chi connectivity index (χ3v) is 6.13. The van der Waals surface area contributed by atoms with E-state index in [2.05, 4.69) is 50.3 Å². The van der Waals surface area contributed by atoms with Crippen molar-refractivity contribution in [2.45, 2.75) is 77.0 Å². The molecule has 0 bridgehead atoms. The lowest BCUT2D eigenvalue weighted by Crippen LogP contribution is -2.12. The van der Waals surface area contributed by atoms with E-state index in [1.165, 1.54) is 51.4 Å². The number of rotatable bonds is 3. The Labute approximate surface area is 137 Å². The molecule has 1 aromatic carbocycles. The van der Waals surface area contributed by atoms with Crippen molar-refractivity contribution in [3.05, 3.63) is 47.5 Å². The summed E-state index contributed by atoms with van der Waals surface area (Å²) in [5, 5.41) is 0. The molecule has 0 heterocycles. The van der Waals surface area contributed by atoms with Crippen LogP contribution in [0.3, 0.4) is 0 Å². The van der Waals surface area contributed by atoms with E-state index in [4.69, 9.17) is 0 Å². The van der Waals surface area contributed by atoms with Crippen LogP contribution in [0.25, 0.3) is 0 Å². The second-order valence-corrected chi connectivity index (χ2v) is 7.76. The maximum atomic E-state index is 2.44. The molecule has 0 spiro atoms. The van der Waals surface area contributed by atoms with Gasteiger partial charge in [-0.15, -0.1) is 0 Å². The molecule has 2 aliphatic rings. The maximum Gasteiger partial charge on any atom is -0.0162 e. The molecule has 0 saturated heterocycles. The Hall–Kier alpha value is -1.04. The predicted molar refractivity (Wildman–Crippen MR) is 96.3 cm³/mol. The third kappa shape index (κ3) is 3.83. The van der Waals surface area contributed by atoms with Gasteiger partial charge in [0.05, 0.1) is 0 Å². The van der Waals surface area contributed by atoms with Crippen molar-refractivity contribution in [3.63, 3.8) is 0 Å². The van der Waals surface area contributed by atoms with Gasteiger partial charge in [-0.05, 0) is 80.2 Å². The van der Waals surface area contributed by atoms with E-state index in [9.17, 15) is 0 Å². The summed E-state index contributed by atoms with van der Waals surface area (Å²) in [6.07, 6.45) is 15.8. The second kappa shape index (κ2) is 7.49. The largest absolute Gasteiger partial charge is 0.0914 e. The van der Waals surface area contributed by atoms with Crippen molar-refractivity contribution in [1.29, 1.82) is 0 Å². The van der Waals surface area contributed by atoms with E-state index in [1.54, 1.807) is 11.1 Å². The minimum absolute atomic E-state index is 0.807. The molecule has 1 aromatic rings. The molecule has 120 valence electrons. The van der Waals surface area contributed by atoms with Crippen LogP contribution >= 0.6 is 0 Å². The van der Waals surface area contributed by atoms with Gasteiger partial charge in [-0.2, -0.15) is 0 Å². The van der Waals surface area contributed by atoms with Crippen molar-refractivity contribution in [2.75, 3.05) is 0 Å². The van der Waals surface area contributed by atoms with Crippen LogP contribution in [-0.4, -0.2) is 0 Å². The fraction of sp³-hybridized carbons (Fsp3) is 0.636. The van der Waals surface area contributed by atoms with Gasteiger partial charge in [-0.1, -0.05) is 56.2 Å². The number of hydrogen-bond acceptors (Lipinski definition) is 0. The maximum absolute atomic E-state index is 2.44. The molecule has 2 aliphatic carbocycles. The van der Waals surface area contributed by atoms with Crippen LogP contribution in [-0.2, 0) is 0 Å². The SMILES string of the molecule is C/C=C/C1CCC(c2ccc(C3CCC(C)CC3)cc2)CC1. The van der Waals surface area contributed by atoms with Crippen LogP contribution in [0.15, 0.2) is 36.4 Å². The van der Waals surface area contributed by atoms with Gasteiger partial charge >= 0.3 is 0 Å². The van der Waals surface area contributed by atoms with Gasteiger partial charge in [0.15, 0.2) is 0 Å². The summed E-state index contributed by atoms with van der Waals surface area (Å²) < 4.78 is 0. The minimum Gasteiger partial charge on any atom is -0.0914 e. The van der Waals surface area contributed by atoms with E-state index in [0.29, 0.717) is 0 Å². The van der Waals surface area contributed by atoms with E-state index in [-0.39, 0.29) is 0 Å². The third-order valence-electron chi connectivity index (χ3n) is 6.13. The zero-order chi connectivity index (χ0) is 15.4. The highest BCUT2D eigenvalue weighted by Gasteiger charge is 2.22. The first-order valence-electron chi connectivity index (χ1n) is 9.49. The summed E-state index contributed by atoms with van der Waals surface area (Å²) in [4.78, 5) is 0. The Morgan fingerprint density at radius 2 is 1.18 bits per heavy atom. The molecule has 2 saturated carbocycles. The topological polar surface area (TPSA) is 0 Å². The summed E-state index contributed by atoms with van der Waals surface area (Å²) in [5.74, 6) is 3.42. The summed E-state index contributed by atoms with van der Waals surface area (Å²) in [7, 11) is 0. The summed E-state index contributed by atoms with van der Waals surface area (Å²) >= 11 is 0. The molecule has 0 aliphatic heterocycles. The van der Waals surface area contributed by atoms with Gasteiger partial charge < -0.3 is 0 Å². The Morgan fingerprint density at radius 1 is 0.727 bits per heavy atom. The Morgan fingerprint density at radius 3 is 1.64 bits per heavy atom. The van der Waals surface area contributed by atoms with Gasteiger partial charge in [-0.3, -0.25) is 0 Å². The smallest absolute Gasteiger partial charge is 0.0162 e. The standard InChI is InChI=1S/C22H32/c1-3-4-18-7-11-20(12-8-18)22-15-13-21(14-16-22)19-9-5-17(2)6-10-19/h3-4,13-20H,5-12H2,1-2H3/b4-3+. The lowest BCUT2D eigenvalue weighted by Gasteiger charge is -2.28. The molecule has 22 heavy (non-hydrogen) atoms. The fourth-order valence-electron chi connectivity index (χ4n) is 4.55. The Bertz CT molecular complexity index is 465. The van der Waals surface area contributed by atoms with E-state index < -0.39 is 0 Å². The predicted octanol–water partition coefficient (Wildman–Crippen LogP) is 6.83. The normalized spacial score (nSPS) is 33.2. The van der Waals surface area contributed by atoms with E-state index in [0.717, 1.165) is 23.7 Å². The van der Waals surface area contributed by atoms with Crippen LogP contribution in [0.1, 0.15) is 88.2 Å². The van der Waals surface area contributed by atoms with Crippen LogP contribution in [0, 0.1) is 11.8 Å². The van der Waals surface area contributed by atoms with Gasteiger partial charge in [-0.25, -0.2) is 0 Å². The average Bonchev–Trinajstić information content (AvgIpc) is 2.57. The molecule has 0 aromatic heterocycles. The zero-order valence-electron chi connectivity index (χ0n) is 14.4. The number of benzene rings is 1. The molecule has 0 N–H and O–H groups in total. The van der Waals surface area contributed by atoms with Crippen LogP contribution in [0.2, 0.25) is 0 Å². The van der Waals surface area contributed by atoms with Crippen LogP contribution in [0.4, 0.5) is 0 Å². The molecular formula is C22H32. The first-order valence-corrected chi connectivity index (χ1v) is 9.49. The van der Waals surface area contributed by atoms with E-state index in [1.807, 2.05) is 0 Å². The summed E-state index contributed by atoms with van der Waals surface area (Å²) in [6, 6.07) is 9.75. The summed E-state index contributed by atoms with van der Waals surface area (Å²) in [6.45, 7) is 4.56. The average molecular weight is 296 g/mol. The van der Waals surface area contributed by atoms with E-state index >= 15 is 0 Å². The molecular weight excluding hydrogens is 264 g/mol. The molecule has 0 radical (unpaired) electrons. The van der Waals surface area contributed by atoms with Crippen molar-refractivity contribution in [3.8, 4) is 0 Å². The van der Waals surface area contributed by atoms with Crippen molar-refractivity contribution in [2.24, 2.45) is 11.8 Å². The minimum atomic E-state index is 0.807. The second-order valence-electron chi connectivity index (χ2n) is 7.76. The Balaban J connectivity index is 1.58. The highest BCUT2D eigenvalue weighted by Crippen LogP contribution is 2.38. The monoisotopic (exact) mass is 296 g/mol. The molecule has 2 fully saturated rings. The molecule has 0 atom stereocenters.